The zero-order valence-electron chi connectivity index (χ0n) is 11.1. The molecule has 0 aliphatic rings. The first-order valence-corrected chi connectivity index (χ1v) is 7.63. The largest absolute Gasteiger partial charge is 0.305 e. The van der Waals surface area contributed by atoms with E-state index < -0.39 is 0 Å². The molecule has 5 heteroatoms. The molecule has 2 aromatic heterocycles. The van der Waals surface area contributed by atoms with E-state index in [1.54, 1.807) is 11.3 Å². The minimum absolute atomic E-state index is 0.346. The fraction of sp³-hybridized carbons (Fsp3) is 0.462. The number of hydrogen-bond donors (Lipinski definition) is 1. The molecule has 0 aliphatic carbocycles. The highest BCUT2D eigenvalue weighted by atomic mass is 79.9. The molecule has 2 heterocycles. The lowest BCUT2D eigenvalue weighted by molar-refractivity contribution is 0.578. The van der Waals surface area contributed by atoms with Gasteiger partial charge in [-0.25, -0.2) is 0 Å². The van der Waals surface area contributed by atoms with E-state index in [4.69, 9.17) is 0 Å². The van der Waals surface area contributed by atoms with Crippen LogP contribution in [0.25, 0.3) is 0 Å². The van der Waals surface area contributed by atoms with E-state index in [-0.39, 0.29) is 0 Å². The van der Waals surface area contributed by atoms with Gasteiger partial charge in [0.05, 0.1) is 5.69 Å². The number of rotatable bonds is 4. The van der Waals surface area contributed by atoms with Crippen LogP contribution in [-0.2, 0) is 13.6 Å². The average molecular weight is 328 g/mol. The Labute approximate surface area is 120 Å². The van der Waals surface area contributed by atoms with Crippen LogP contribution in [0.2, 0.25) is 0 Å². The lowest BCUT2D eigenvalue weighted by Gasteiger charge is -2.13. The summed E-state index contributed by atoms with van der Waals surface area (Å²) in [6.07, 6.45) is 0. The van der Waals surface area contributed by atoms with E-state index in [9.17, 15) is 0 Å². The van der Waals surface area contributed by atoms with Crippen LogP contribution in [0.5, 0.6) is 0 Å². The minimum atomic E-state index is 0.346. The van der Waals surface area contributed by atoms with Gasteiger partial charge < -0.3 is 5.32 Å². The Morgan fingerprint density at radius 1 is 1.50 bits per heavy atom. The van der Waals surface area contributed by atoms with E-state index in [1.807, 2.05) is 11.7 Å². The maximum absolute atomic E-state index is 4.44. The molecule has 18 heavy (non-hydrogen) atoms. The third-order valence-corrected chi connectivity index (χ3v) is 5.34. The molecule has 0 aromatic carbocycles. The van der Waals surface area contributed by atoms with Gasteiger partial charge in [0.15, 0.2) is 0 Å². The molecule has 1 N–H and O–H groups in total. The summed E-state index contributed by atoms with van der Waals surface area (Å²) < 4.78 is 3.13. The monoisotopic (exact) mass is 327 g/mol. The summed E-state index contributed by atoms with van der Waals surface area (Å²) in [5, 5.41) is 10.1. The first-order chi connectivity index (χ1) is 8.50. The van der Waals surface area contributed by atoms with Gasteiger partial charge >= 0.3 is 0 Å². The summed E-state index contributed by atoms with van der Waals surface area (Å²) in [6, 6.07) is 2.44. The van der Waals surface area contributed by atoms with Gasteiger partial charge in [-0.2, -0.15) is 5.10 Å². The quantitative estimate of drug-likeness (QED) is 0.927. The standard InChI is InChI=1S/C13H18BrN3S/c1-8-11(10(3)17(4)16-8)7-15-9(2)13-12(14)5-6-18-13/h5-6,9,15H,7H2,1-4H3. The predicted molar refractivity (Wildman–Crippen MR) is 80.0 cm³/mol. The zero-order valence-corrected chi connectivity index (χ0v) is 13.5. The maximum Gasteiger partial charge on any atom is 0.0641 e. The van der Waals surface area contributed by atoms with Crippen molar-refractivity contribution in [1.82, 2.24) is 15.1 Å². The molecular formula is C13H18BrN3S. The van der Waals surface area contributed by atoms with Crippen LogP contribution in [0.15, 0.2) is 15.9 Å². The summed E-state index contributed by atoms with van der Waals surface area (Å²) in [7, 11) is 1.99. The van der Waals surface area contributed by atoms with E-state index >= 15 is 0 Å². The Bertz CT molecular complexity index is 544. The molecule has 0 fully saturated rings. The highest BCUT2D eigenvalue weighted by molar-refractivity contribution is 9.10. The van der Waals surface area contributed by atoms with Crippen LogP contribution < -0.4 is 5.32 Å². The second-order valence-electron chi connectivity index (χ2n) is 4.51. The third kappa shape index (κ3) is 2.68. The van der Waals surface area contributed by atoms with Crippen molar-refractivity contribution in [3.8, 4) is 0 Å². The van der Waals surface area contributed by atoms with Gasteiger partial charge in [0.2, 0.25) is 0 Å². The topological polar surface area (TPSA) is 29.9 Å². The molecule has 1 unspecified atom stereocenters. The van der Waals surface area contributed by atoms with Crippen molar-refractivity contribution in [3.63, 3.8) is 0 Å². The zero-order chi connectivity index (χ0) is 13.3. The Hall–Kier alpha value is -0.650. The molecule has 3 nitrogen and oxygen atoms in total. The second-order valence-corrected chi connectivity index (χ2v) is 6.31. The average Bonchev–Trinajstić information content (AvgIpc) is 2.83. The van der Waals surface area contributed by atoms with Crippen LogP contribution in [-0.4, -0.2) is 9.78 Å². The lowest BCUT2D eigenvalue weighted by atomic mass is 10.2. The Kier molecular flexibility index (Phi) is 4.25. The van der Waals surface area contributed by atoms with Crippen LogP contribution in [0, 0.1) is 13.8 Å². The van der Waals surface area contributed by atoms with Crippen molar-refractivity contribution < 1.29 is 0 Å². The minimum Gasteiger partial charge on any atom is -0.305 e. The number of halogens is 1. The summed E-state index contributed by atoms with van der Waals surface area (Å²) in [4.78, 5) is 1.34. The number of nitrogens with one attached hydrogen (secondary N) is 1. The van der Waals surface area contributed by atoms with Gasteiger partial charge in [0.25, 0.3) is 0 Å². The first-order valence-electron chi connectivity index (χ1n) is 5.96. The third-order valence-electron chi connectivity index (χ3n) is 3.28. The van der Waals surface area contributed by atoms with Crippen molar-refractivity contribution in [2.75, 3.05) is 0 Å². The molecule has 0 saturated heterocycles. The highest BCUT2D eigenvalue weighted by Gasteiger charge is 2.13. The van der Waals surface area contributed by atoms with Crippen molar-refractivity contribution in [3.05, 3.63) is 37.7 Å². The fourth-order valence-corrected chi connectivity index (χ4v) is 3.79. The van der Waals surface area contributed by atoms with Gasteiger partial charge in [0.1, 0.15) is 0 Å². The molecule has 0 amide bonds. The number of hydrogen-bond acceptors (Lipinski definition) is 3. The first kappa shape index (κ1) is 13.8. The van der Waals surface area contributed by atoms with Crippen LogP contribution in [0.4, 0.5) is 0 Å². The van der Waals surface area contributed by atoms with Crippen molar-refractivity contribution in [2.45, 2.75) is 33.4 Å². The van der Waals surface area contributed by atoms with Gasteiger partial charge in [-0.15, -0.1) is 11.3 Å². The van der Waals surface area contributed by atoms with Crippen molar-refractivity contribution >= 4 is 27.3 Å². The number of thiophene rings is 1. The summed E-state index contributed by atoms with van der Waals surface area (Å²) in [5.74, 6) is 0. The molecular weight excluding hydrogens is 310 g/mol. The van der Waals surface area contributed by atoms with Crippen molar-refractivity contribution in [1.29, 1.82) is 0 Å². The van der Waals surface area contributed by atoms with E-state index in [2.05, 4.69) is 58.6 Å². The molecule has 1 atom stereocenters. The van der Waals surface area contributed by atoms with E-state index in [1.165, 1.54) is 20.6 Å². The predicted octanol–water partition coefficient (Wildman–Crippen LogP) is 3.71. The maximum atomic E-state index is 4.44. The van der Waals surface area contributed by atoms with Gasteiger partial charge in [-0.3, -0.25) is 4.68 Å². The van der Waals surface area contributed by atoms with Crippen LogP contribution in [0.1, 0.15) is 34.8 Å². The smallest absolute Gasteiger partial charge is 0.0641 e. The van der Waals surface area contributed by atoms with E-state index in [0.717, 1.165) is 12.2 Å². The molecule has 0 saturated carbocycles. The molecule has 0 bridgehead atoms. The van der Waals surface area contributed by atoms with Crippen LogP contribution in [0.3, 0.4) is 0 Å². The number of aryl methyl sites for hydroxylation is 2. The second kappa shape index (κ2) is 5.55. The molecule has 0 aliphatic heterocycles. The summed E-state index contributed by atoms with van der Waals surface area (Å²) >= 11 is 5.36. The summed E-state index contributed by atoms with van der Waals surface area (Å²) in [6.45, 7) is 7.23. The molecule has 2 rings (SSSR count). The normalized spacial score (nSPS) is 12.9. The number of aromatic nitrogens is 2. The Morgan fingerprint density at radius 3 is 2.72 bits per heavy atom. The Balaban J connectivity index is 2.06. The molecule has 2 aromatic rings. The Morgan fingerprint density at radius 2 is 2.22 bits per heavy atom. The lowest BCUT2D eigenvalue weighted by Crippen LogP contribution is -2.18. The van der Waals surface area contributed by atoms with Gasteiger partial charge in [-0.05, 0) is 48.1 Å². The van der Waals surface area contributed by atoms with Gasteiger partial charge in [-0.1, -0.05) is 0 Å². The fourth-order valence-electron chi connectivity index (χ4n) is 2.04. The highest BCUT2D eigenvalue weighted by Crippen LogP contribution is 2.29. The van der Waals surface area contributed by atoms with Crippen LogP contribution >= 0.6 is 27.3 Å². The van der Waals surface area contributed by atoms with E-state index in [0.29, 0.717) is 6.04 Å². The molecule has 0 spiro atoms. The van der Waals surface area contributed by atoms with Crippen molar-refractivity contribution in [2.24, 2.45) is 7.05 Å². The SMILES string of the molecule is Cc1nn(C)c(C)c1CNC(C)c1sccc1Br. The number of nitrogens with zero attached hydrogens (tertiary/aromatic N) is 2. The molecule has 98 valence electrons. The summed E-state index contributed by atoms with van der Waals surface area (Å²) in [5.41, 5.74) is 3.65. The van der Waals surface area contributed by atoms with Gasteiger partial charge in [0, 0.05) is 40.2 Å². The molecule has 0 radical (unpaired) electrons.